The number of nitrogens with zero attached hydrogens (tertiary/aromatic N) is 2. The summed E-state index contributed by atoms with van der Waals surface area (Å²) in [4.78, 5) is 13.9. The fourth-order valence-corrected chi connectivity index (χ4v) is 5.30. The number of halogens is 1. The number of carbonyl (C=O) groups excluding carboxylic acids is 1. The van der Waals surface area contributed by atoms with E-state index in [4.69, 9.17) is 4.74 Å². The third kappa shape index (κ3) is 5.62. The molecular weight excluding hydrogens is 462 g/mol. The van der Waals surface area contributed by atoms with Crippen LogP contribution in [0.2, 0.25) is 0 Å². The second-order valence-electron chi connectivity index (χ2n) is 7.44. The van der Waals surface area contributed by atoms with E-state index in [1.165, 1.54) is 10.4 Å². The first-order valence-corrected chi connectivity index (χ1v) is 11.9. The van der Waals surface area contributed by atoms with E-state index in [0.717, 1.165) is 6.42 Å². The summed E-state index contributed by atoms with van der Waals surface area (Å²) in [5.74, 6) is 0.0146. The van der Waals surface area contributed by atoms with E-state index in [-0.39, 0.29) is 35.7 Å². The van der Waals surface area contributed by atoms with Crippen molar-refractivity contribution in [2.45, 2.75) is 44.2 Å². The van der Waals surface area contributed by atoms with Crippen LogP contribution in [-0.4, -0.2) is 74.2 Å². The quantitative estimate of drug-likeness (QED) is 0.635. The highest BCUT2D eigenvalue weighted by Crippen LogP contribution is 2.35. The second-order valence-corrected chi connectivity index (χ2v) is 10.2. The molecule has 0 spiro atoms. The van der Waals surface area contributed by atoms with Crippen LogP contribution in [0, 0.1) is 5.92 Å². The van der Waals surface area contributed by atoms with Crippen molar-refractivity contribution in [3.05, 3.63) is 22.7 Å². The summed E-state index contributed by atoms with van der Waals surface area (Å²) in [7, 11) is -2.16. The van der Waals surface area contributed by atoms with E-state index < -0.39 is 22.2 Å². The van der Waals surface area contributed by atoms with Crippen molar-refractivity contribution in [1.82, 2.24) is 14.5 Å². The van der Waals surface area contributed by atoms with Crippen LogP contribution in [0.5, 0.6) is 5.75 Å². The lowest BCUT2D eigenvalue weighted by Gasteiger charge is -2.37. The minimum absolute atomic E-state index is 0.0518. The number of sulfonamides is 1. The number of fused-ring (bicyclic) bond motifs is 1. The first-order valence-electron chi connectivity index (χ1n) is 9.69. The zero-order chi connectivity index (χ0) is 21.8. The molecule has 0 aromatic heterocycles. The Morgan fingerprint density at radius 2 is 2.17 bits per heavy atom. The standard InChI is InChI=1S/C19H30BrN3O5S/c1-5-8-21-19(25)22(4)11-17-13(2)10-23(14(3)12-24)29(26,27)18-7-6-15(20)9-16(18)28-17/h6-7,9,13-14,17,24H,5,8,10-12H2,1-4H3,(H,21,25)/t13-,14+,17+/m1/s1. The summed E-state index contributed by atoms with van der Waals surface area (Å²) in [5, 5.41) is 12.4. The van der Waals surface area contributed by atoms with Gasteiger partial charge in [-0.1, -0.05) is 29.8 Å². The van der Waals surface area contributed by atoms with Gasteiger partial charge in [-0.2, -0.15) is 4.31 Å². The van der Waals surface area contributed by atoms with Gasteiger partial charge < -0.3 is 20.1 Å². The smallest absolute Gasteiger partial charge is 0.317 e. The maximum Gasteiger partial charge on any atom is 0.317 e. The van der Waals surface area contributed by atoms with Gasteiger partial charge in [0.15, 0.2) is 0 Å². The average Bonchev–Trinajstić information content (AvgIpc) is 2.67. The Hall–Kier alpha value is -1.36. The van der Waals surface area contributed by atoms with Gasteiger partial charge in [-0.05, 0) is 31.5 Å². The monoisotopic (exact) mass is 491 g/mol. The van der Waals surface area contributed by atoms with Crippen LogP contribution >= 0.6 is 15.9 Å². The summed E-state index contributed by atoms with van der Waals surface area (Å²) in [6.07, 6.45) is 0.410. The topological polar surface area (TPSA) is 99.2 Å². The van der Waals surface area contributed by atoms with E-state index in [1.807, 2.05) is 13.8 Å². The Kier molecular flexibility index (Phi) is 8.33. The molecule has 0 radical (unpaired) electrons. The Bertz CT molecular complexity index is 820. The van der Waals surface area contributed by atoms with E-state index in [2.05, 4.69) is 21.2 Å². The minimum Gasteiger partial charge on any atom is -0.487 e. The molecule has 2 N–H and O–H groups in total. The molecule has 1 aromatic rings. The third-order valence-electron chi connectivity index (χ3n) is 4.96. The first-order chi connectivity index (χ1) is 13.6. The number of hydrogen-bond acceptors (Lipinski definition) is 5. The molecule has 10 heteroatoms. The minimum atomic E-state index is -3.85. The van der Waals surface area contributed by atoms with Gasteiger partial charge in [0.25, 0.3) is 0 Å². The summed E-state index contributed by atoms with van der Waals surface area (Å²) >= 11 is 3.37. The van der Waals surface area contributed by atoms with E-state index >= 15 is 0 Å². The van der Waals surface area contributed by atoms with E-state index in [1.54, 1.807) is 31.0 Å². The SMILES string of the molecule is CCCNC(=O)N(C)C[C@@H]1Oc2cc(Br)ccc2S(=O)(=O)N([C@@H](C)CO)C[C@H]1C. The maximum absolute atomic E-state index is 13.2. The van der Waals surface area contributed by atoms with Crippen molar-refractivity contribution in [3.8, 4) is 5.75 Å². The molecule has 0 saturated heterocycles. The number of aliphatic hydroxyl groups is 1. The lowest BCUT2D eigenvalue weighted by Crippen LogP contribution is -2.51. The number of aliphatic hydroxyl groups excluding tert-OH is 1. The zero-order valence-electron chi connectivity index (χ0n) is 17.3. The lowest BCUT2D eigenvalue weighted by atomic mass is 10.0. The molecule has 0 aliphatic carbocycles. The first kappa shape index (κ1) is 23.9. The van der Waals surface area contributed by atoms with Crippen LogP contribution in [-0.2, 0) is 10.0 Å². The van der Waals surface area contributed by atoms with Crippen molar-refractivity contribution in [2.24, 2.45) is 5.92 Å². The highest BCUT2D eigenvalue weighted by atomic mass is 79.9. The second kappa shape index (κ2) is 10.1. The summed E-state index contributed by atoms with van der Waals surface area (Å²) in [6, 6.07) is 3.98. The predicted octanol–water partition coefficient (Wildman–Crippen LogP) is 2.27. The van der Waals surface area contributed by atoms with Gasteiger partial charge in [-0.15, -0.1) is 0 Å². The normalized spacial score (nSPS) is 22.6. The van der Waals surface area contributed by atoms with Crippen molar-refractivity contribution in [1.29, 1.82) is 0 Å². The van der Waals surface area contributed by atoms with Crippen molar-refractivity contribution in [2.75, 3.05) is 33.3 Å². The molecular formula is C19H30BrN3O5S. The Morgan fingerprint density at radius 3 is 2.79 bits per heavy atom. The number of hydrogen-bond donors (Lipinski definition) is 2. The molecule has 0 saturated carbocycles. The molecule has 1 aliphatic heterocycles. The molecule has 1 heterocycles. The lowest BCUT2D eigenvalue weighted by molar-refractivity contribution is 0.0812. The summed E-state index contributed by atoms with van der Waals surface area (Å²) in [5.41, 5.74) is 0. The largest absolute Gasteiger partial charge is 0.487 e. The van der Waals surface area contributed by atoms with Crippen LogP contribution in [0.1, 0.15) is 27.2 Å². The molecule has 3 atom stereocenters. The highest BCUT2D eigenvalue weighted by Gasteiger charge is 2.38. The average molecular weight is 492 g/mol. The fourth-order valence-electron chi connectivity index (χ4n) is 3.14. The molecule has 2 amide bonds. The molecule has 0 bridgehead atoms. The number of likely N-dealkylation sites (N-methyl/N-ethyl adjacent to an activating group) is 1. The van der Waals surface area contributed by atoms with Gasteiger partial charge >= 0.3 is 6.03 Å². The Balaban J connectivity index is 2.41. The van der Waals surface area contributed by atoms with Crippen molar-refractivity contribution >= 4 is 32.0 Å². The number of benzene rings is 1. The third-order valence-corrected chi connectivity index (χ3v) is 7.47. The fraction of sp³-hybridized carbons (Fsp3) is 0.632. The predicted molar refractivity (Wildman–Crippen MR) is 114 cm³/mol. The van der Waals surface area contributed by atoms with Gasteiger partial charge in [0.05, 0.1) is 13.2 Å². The number of nitrogens with one attached hydrogen (secondary N) is 1. The molecule has 1 aliphatic rings. The van der Waals surface area contributed by atoms with Crippen LogP contribution in [0.3, 0.4) is 0 Å². The van der Waals surface area contributed by atoms with Gasteiger partial charge in [0.1, 0.15) is 16.7 Å². The zero-order valence-corrected chi connectivity index (χ0v) is 19.7. The molecule has 8 nitrogen and oxygen atoms in total. The van der Waals surface area contributed by atoms with Crippen LogP contribution in [0.15, 0.2) is 27.6 Å². The number of ether oxygens (including phenoxy) is 1. The number of urea groups is 1. The van der Waals surface area contributed by atoms with Crippen LogP contribution in [0.25, 0.3) is 0 Å². The van der Waals surface area contributed by atoms with Crippen molar-refractivity contribution in [3.63, 3.8) is 0 Å². The summed E-state index contributed by atoms with van der Waals surface area (Å²) in [6.45, 7) is 6.30. The Labute approximate surface area is 181 Å². The van der Waals surface area contributed by atoms with Crippen molar-refractivity contribution < 1.29 is 23.1 Å². The summed E-state index contributed by atoms with van der Waals surface area (Å²) < 4.78 is 34.6. The van der Waals surface area contributed by atoms with Gasteiger partial charge in [0, 0.05) is 36.6 Å². The molecule has 2 rings (SSSR count). The van der Waals surface area contributed by atoms with Gasteiger partial charge in [-0.3, -0.25) is 0 Å². The highest BCUT2D eigenvalue weighted by molar-refractivity contribution is 9.10. The van der Waals surface area contributed by atoms with Crippen LogP contribution < -0.4 is 10.1 Å². The van der Waals surface area contributed by atoms with Gasteiger partial charge in [-0.25, -0.2) is 13.2 Å². The van der Waals surface area contributed by atoms with E-state index in [9.17, 15) is 18.3 Å². The van der Waals surface area contributed by atoms with E-state index in [0.29, 0.717) is 17.6 Å². The van der Waals surface area contributed by atoms with Gasteiger partial charge in [0.2, 0.25) is 10.0 Å². The number of amides is 2. The molecule has 0 fully saturated rings. The Morgan fingerprint density at radius 1 is 1.48 bits per heavy atom. The molecule has 1 aromatic carbocycles. The molecule has 164 valence electrons. The molecule has 0 unspecified atom stereocenters. The maximum atomic E-state index is 13.2. The van der Waals surface area contributed by atoms with Crippen LogP contribution in [0.4, 0.5) is 4.79 Å². The molecule has 29 heavy (non-hydrogen) atoms. The number of rotatable bonds is 6. The number of carbonyl (C=O) groups is 1.